The molecule has 2 unspecified atom stereocenters. The number of amides is 1. The van der Waals surface area contributed by atoms with E-state index in [4.69, 9.17) is 0 Å². The Hall–Kier alpha value is -3.16. The van der Waals surface area contributed by atoms with Gasteiger partial charge in [0.05, 0.1) is 17.7 Å². The number of hydrogen-bond donors (Lipinski definition) is 1. The van der Waals surface area contributed by atoms with E-state index in [1.807, 2.05) is 0 Å². The summed E-state index contributed by atoms with van der Waals surface area (Å²) in [6.07, 6.45) is -3.63. The van der Waals surface area contributed by atoms with Crippen molar-refractivity contribution in [1.82, 2.24) is 9.88 Å². The maximum Gasteiger partial charge on any atom is 0.433 e. The van der Waals surface area contributed by atoms with Crippen LogP contribution in [0.4, 0.5) is 13.2 Å². The van der Waals surface area contributed by atoms with Crippen molar-refractivity contribution >= 4 is 11.7 Å². The Kier molecular flexibility index (Phi) is 4.97. The van der Waals surface area contributed by atoms with Crippen molar-refractivity contribution < 1.29 is 27.9 Å². The predicted molar refractivity (Wildman–Crippen MR) is 94.0 cm³/mol. The molecule has 146 valence electrons. The van der Waals surface area contributed by atoms with Crippen molar-refractivity contribution in [2.24, 2.45) is 0 Å². The Labute approximate surface area is 159 Å². The number of rotatable bonds is 4. The average Bonchev–Trinajstić information content (AvgIpc) is 2.92. The number of carbonyl (C=O) groups is 2. The third-order valence-electron chi connectivity index (χ3n) is 4.71. The SMILES string of the molecule is CC(=O)C1=C(O)C(=O)N(C(C)c2ccccc2)C1c1ccc(C(F)(F)F)nc1. The highest BCUT2D eigenvalue weighted by molar-refractivity contribution is 6.08. The molecule has 2 heterocycles. The molecule has 0 bridgehead atoms. The number of pyridine rings is 1. The van der Waals surface area contributed by atoms with Crippen LogP contribution in [-0.2, 0) is 15.8 Å². The maximum absolute atomic E-state index is 12.8. The minimum Gasteiger partial charge on any atom is -0.503 e. The van der Waals surface area contributed by atoms with Gasteiger partial charge in [-0.2, -0.15) is 13.2 Å². The van der Waals surface area contributed by atoms with E-state index in [1.54, 1.807) is 37.3 Å². The molecule has 0 aliphatic carbocycles. The summed E-state index contributed by atoms with van der Waals surface area (Å²) >= 11 is 0. The molecule has 1 N–H and O–H groups in total. The van der Waals surface area contributed by atoms with Gasteiger partial charge in [-0.25, -0.2) is 0 Å². The van der Waals surface area contributed by atoms with Crippen molar-refractivity contribution in [2.45, 2.75) is 32.1 Å². The van der Waals surface area contributed by atoms with Gasteiger partial charge in [-0.15, -0.1) is 0 Å². The van der Waals surface area contributed by atoms with Crippen LogP contribution in [-0.4, -0.2) is 26.7 Å². The molecular formula is C20H17F3N2O3. The number of benzene rings is 1. The lowest BCUT2D eigenvalue weighted by Gasteiger charge is -2.32. The van der Waals surface area contributed by atoms with E-state index in [1.165, 1.54) is 17.9 Å². The third kappa shape index (κ3) is 3.37. The molecule has 0 saturated heterocycles. The summed E-state index contributed by atoms with van der Waals surface area (Å²) in [6.45, 7) is 2.91. The van der Waals surface area contributed by atoms with Crippen LogP contribution in [0.5, 0.6) is 0 Å². The number of carbonyl (C=O) groups excluding carboxylic acids is 2. The molecule has 1 aliphatic heterocycles. The molecule has 0 fully saturated rings. The van der Waals surface area contributed by atoms with Gasteiger partial charge in [-0.1, -0.05) is 36.4 Å². The lowest BCUT2D eigenvalue weighted by molar-refractivity contribution is -0.141. The largest absolute Gasteiger partial charge is 0.503 e. The van der Waals surface area contributed by atoms with Gasteiger partial charge < -0.3 is 10.0 Å². The van der Waals surface area contributed by atoms with Crippen molar-refractivity contribution in [3.8, 4) is 0 Å². The standard InChI is InChI=1S/C20H17F3N2O3/c1-11(13-6-4-3-5-7-13)25-17(16(12(2)26)18(27)19(25)28)14-8-9-15(24-10-14)20(21,22)23/h3-11,17,27H,1-2H3. The average molecular weight is 390 g/mol. The van der Waals surface area contributed by atoms with Gasteiger partial charge in [0, 0.05) is 6.20 Å². The molecule has 5 nitrogen and oxygen atoms in total. The highest BCUT2D eigenvalue weighted by atomic mass is 19.4. The van der Waals surface area contributed by atoms with Crippen LogP contribution in [0.25, 0.3) is 0 Å². The van der Waals surface area contributed by atoms with Crippen LogP contribution in [0, 0.1) is 0 Å². The normalized spacial score (nSPS) is 18.5. The van der Waals surface area contributed by atoms with Gasteiger partial charge in [0.15, 0.2) is 11.5 Å². The Bertz CT molecular complexity index is 937. The molecule has 28 heavy (non-hydrogen) atoms. The van der Waals surface area contributed by atoms with E-state index in [0.29, 0.717) is 0 Å². The van der Waals surface area contributed by atoms with E-state index in [0.717, 1.165) is 17.8 Å². The molecule has 1 aromatic carbocycles. The summed E-state index contributed by atoms with van der Waals surface area (Å²) in [7, 11) is 0. The van der Waals surface area contributed by atoms with Crippen molar-refractivity contribution in [1.29, 1.82) is 0 Å². The molecule has 2 atom stereocenters. The number of nitrogens with zero attached hydrogens (tertiary/aromatic N) is 2. The van der Waals surface area contributed by atoms with E-state index < -0.39 is 41.4 Å². The van der Waals surface area contributed by atoms with E-state index in [9.17, 15) is 27.9 Å². The number of aliphatic hydroxyl groups is 1. The van der Waals surface area contributed by atoms with Crippen LogP contribution >= 0.6 is 0 Å². The fourth-order valence-corrected chi connectivity index (χ4v) is 3.34. The highest BCUT2D eigenvalue weighted by Gasteiger charge is 2.45. The smallest absolute Gasteiger partial charge is 0.433 e. The van der Waals surface area contributed by atoms with Gasteiger partial charge in [-0.05, 0) is 31.0 Å². The second kappa shape index (κ2) is 7.10. The Balaban J connectivity index is 2.09. The van der Waals surface area contributed by atoms with Crippen molar-refractivity contribution in [3.05, 3.63) is 76.8 Å². The first-order valence-corrected chi connectivity index (χ1v) is 8.47. The fourth-order valence-electron chi connectivity index (χ4n) is 3.34. The Morgan fingerprint density at radius 1 is 1.18 bits per heavy atom. The Morgan fingerprint density at radius 3 is 2.32 bits per heavy atom. The number of alkyl halides is 3. The molecule has 1 aromatic heterocycles. The lowest BCUT2D eigenvalue weighted by atomic mass is 9.96. The van der Waals surface area contributed by atoms with Gasteiger partial charge in [0.25, 0.3) is 5.91 Å². The van der Waals surface area contributed by atoms with Crippen LogP contribution in [0.1, 0.15) is 42.8 Å². The second-order valence-corrected chi connectivity index (χ2v) is 6.49. The van der Waals surface area contributed by atoms with E-state index in [2.05, 4.69) is 4.98 Å². The van der Waals surface area contributed by atoms with Crippen LogP contribution in [0.15, 0.2) is 60.0 Å². The number of hydrogen-bond acceptors (Lipinski definition) is 4. The zero-order valence-electron chi connectivity index (χ0n) is 15.1. The minimum atomic E-state index is -4.61. The number of aliphatic hydroxyl groups excluding tert-OH is 1. The summed E-state index contributed by atoms with van der Waals surface area (Å²) in [5, 5.41) is 10.3. The molecule has 0 radical (unpaired) electrons. The minimum absolute atomic E-state index is 0.158. The maximum atomic E-state index is 12.8. The number of aromatic nitrogens is 1. The molecular weight excluding hydrogens is 373 g/mol. The zero-order chi connectivity index (χ0) is 20.6. The quantitative estimate of drug-likeness (QED) is 0.852. The summed E-state index contributed by atoms with van der Waals surface area (Å²) in [5.41, 5.74) is -0.285. The predicted octanol–water partition coefficient (Wildman–Crippen LogP) is 4.15. The molecule has 3 rings (SSSR count). The van der Waals surface area contributed by atoms with Crippen molar-refractivity contribution in [2.75, 3.05) is 0 Å². The second-order valence-electron chi connectivity index (χ2n) is 6.49. The first-order chi connectivity index (χ1) is 13.1. The molecule has 0 spiro atoms. The van der Waals surface area contributed by atoms with Crippen LogP contribution < -0.4 is 0 Å². The molecule has 2 aromatic rings. The topological polar surface area (TPSA) is 70.5 Å². The summed E-state index contributed by atoms with van der Waals surface area (Å²) in [5.74, 6) is -2.00. The third-order valence-corrected chi connectivity index (χ3v) is 4.71. The zero-order valence-corrected chi connectivity index (χ0v) is 15.1. The molecule has 0 saturated carbocycles. The van der Waals surface area contributed by atoms with E-state index >= 15 is 0 Å². The number of halogens is 3. The van der Waals surface area contributed by atoms with Crippen LogP contribution in [0.2, 0.25) is 0 Å². The van der Waals surface area contributed by atoms with Gasteiger partial charge in [0.2, 0.25) is 0 Å². The first kappa shape index (κ1) is 19.6. The molecule has 1 aliphatic rings. The number of Topliss-reactive ketones (excluding diaryl/α,β-unsaturated/α-hetero) is 1. The number of ketones is 1. The van der Waals surface area contributed by atoms with Crippen molar-refractivity contribution in [3.63, 3.8) is 0 Å². The summed E-state index contributed by atoms with van der Waals surface area (Å²) in [6, 6.07) is 9.30. The summed E-state index contributed by atoms with van der Waals surface area (Å²) in [4.78, 5) is 29.5. The van der Waals surface area contributed by atoms with Gasteiger partial charge in [0.1, 0.15) is 5.69 Å². The fraction of sp³-hybridized carbons (Fsp3) is 0.250. The monoisotopic (exact) mass is 390 g/mol. The summed E-state index contributed by atoms with van der Waals surface area (Å²) < 4.78 is 38.5. The lowest BCUT2D eigenvalue weighted by Crippen LogP contribution is -2.33. The molecule has 8 heteroatoms. The van der Waals surface area contributed by atoms with E-state index in [-0.39, 0.29) is 11.1 Å². The highest BCUT2D eigenvalue weighted by Crippen LogP contribution is 2.43. The molecule has 1 amide bonds. The Morgan fingerprint density at radius 2 is 1.82 bits per heavy atom. The van der Waals surface area contributed by atoms with Gasteiger partial charge in [-0.3, -0.25) is 14.6 Å². The van der Waals surface area contributed by atoms with Gasteiger partial charge >= 0.3 is 6.18 Å². The first-order valence-electron chi connectivity index (χ1n) is 8.47. The van der Waals surface area contributed by atoms with Crippen LogP contribution in [0.3, 0.4) is 0 Å².